The second kappa shape index (κ2) is 4.51. The highest BCUT2D eigenvalue weighted by Crippen LogP contribution is 2.24. The first-order valence-corrected chi connectivity index (χ1v) is 5.75. The summed E-state index contributed by atoms with van der Waals surface area (Å²) >= 11 is 1.69. The molecule has 0 aliphatic carbocycles. The molecule has 0 unspecified atom stereocenters. The van der Waals surface area contributed by atoms with Crippen LogP contribution in [-0.4, -0.2) is 9.97 Å². The van der Waals surface area contributed by atoms with Gasteiger partial charge < -0.3 is 0 Å². The molecule has 76 valence electrons. The van der Waals surface area contributed by atoms with Crippen molar-refractivity contribution in [1.29, 1.82) is 0 Å². The molecule has 0 amide bonds. The molecule has 3 heteroatoms. The first kappa shape index (κ1) is 11.1. The van der Waals surface area contributed by atoms with Crippen LogP contribution >= 0.6 is 11.3 Å². The fourth-order valence-electron chi connectivity index (χ4n) is 1.32. The predicted octanol–water partition coefficient (Wildman–Crippen LogP) is 3.64. The summed E-state index contributed by atoms with van der Waals surface area (Å²) in [5.74, 6) is 0. The van der Waals surface area contributed by atoms with Crippen molar-refractivity contribution in [3.05, 3.63) is 22.5 Å². The molecule has 0 aliphatic rings. The molecule has 2 aromatic rings. The Hall–Kier alpha value is -0.960. The van der Waals surface area contributed by atoms with Crippen molar-refractivity contribution in [2.45, 2.75) is 34.6 Å². The minimum atomic E-state index is 1.04. The number of fused-ring (bicyclic) bond motifs is 1. The molecule has 0 atom stereocenters. The molecule has 14 heavy (non-hydrogen) atoms. The third-order valence-electron chi connectivity index (χ3n) is 2.13. The third kappa shape index (κ3) is 1.77. The quantitative estimate of drug-likeness (QED) is 0.660. The van der Waals surface area contributed by atoms with Gasteiger partial charge in [0.15, 0.2) is 0 Å². The maximum Gasteiger partial charge on any atom is 0.103 e. The van der Waals surface area contributed by atoms with Gasteiger partial charge in [0.1, 0.15) is 5.52 Å². The number of aromatic nitrogens is 2. The molecule has 0 saturated heterocycles. The van der Waals surface area contributed by atoms with Crippen molar-refractivity contribution >= 4 is 21.6 Å². The molecular formula is C11H16N2S. The molecule has 0 fully saturated rings. The van der Waals surface area contributed by atoms with E-state index in [2.05, 4.69) is 16.9 Å². The zero-order valence-electron chi connectivity index (χ0n) is 9.38. The standard InChI is InChI=1S/C9H10N2S.C2H6/c1-5-6(2)11-7(3)8-9(5)12-4-10-8;1-2/h4H,1-3H3;1-2H3. The van der Waals surface area contributed by atoms with Crippen LogP contribution in [0.3, 0.4) is 0 Å². The Morgan fingerprint density at radius 2 is 1.71 bits per heavy atom. The van der Waals surface area contributed by atoms with E-state index in [1.807, 2.05) is 33.2 Å². The minimum Gasteiger partial charge on any atom is -0.256 e. The van der Waals surface area contributed by atoms with Crippen molar-refractivity contribution in [3.63, 3.8) is 0 Å². The SMILES string of the molecule is CC.Cc1nc(C)c2ncsc2c1C. The van der Waals surface area contributed by atoms with Crippen molar-refractivity contribution in [1.82, 2.24) is 9.97 Å². The first-order valence-electron chi connectivity index (χ1n) is 4.87. The van der Waals surface area contributed by atoms with Gasteiger partial charge in [0, 0.05) is 5.69 Å². The van der Waals surface area contributed by atoms with Gasteiger partial charge in [0.05, 0.1) is 15.9 Å². The van der Waals surface area contributed by atoms with Crippen molar-refractivity contribution in [2.75, 3.05) is 0 Å². The number of aryl methyl sites for hydroxylation is 3. The maximum absolute atomic E-state index is 4.42. The van der Waals surface area contributed by atoms with E-state index in [1.54, 1.807) is 11.3 Å². The van der Waals surface area contributed by atoms with E-state index in [9.17, 15) is 0 Å². The maximum atomic E-state index is 4.42. The number of nitrogens with zero attached hydrogens (tertiary/aromatic N) is 2. The lowest BCUT2D eigenvalue weighted by Gasteiger charge is -2.01. The molecule has 0 saturated carbocycles. The van der Waals surface area contributed by atoms with Gasteiger partial charge in [0.2, 0.25) is 0 Å². The van der Waals surface area contributed by atoms with Gasteiger partial charge in [-0.1, -0.05) is 13.8 Å². The van der Waals surface area contributed by atoms with Crippen LogP contribution in [0, 0.1) is 20.8 Å². The fraction of sp³-hybridized carbons (Fsp3) is 0.455. The van der Waals surface area contributed by atoms with Gasteiger partial charge in [0.25, 0.3) is 0 Å². The van der Waals surface area contributed by atoms with Crippen LogP contribution in [0.15, 0.2) is 5.51 Å². The fourth-order valence-corrected chi connectivity index (χ4v) is 2.22. The van der Waals surface area contributed by atoms with E-state index >= 15 is 0 Å². The summed E-state index contributed by atoms with van der Waals surface area (Å²) in [6.07, 6.45) is 0. The molecule has 2 heterocycles. The number of rotatable bonds is 0. The van der Waals surface area contributed by atoms with E-state index < -0.39 is 0 Å². The second-order valence-electron chi connectivity index (χ2n) is 2.94. The molecule has 2 nitrogen and oxygen atoms in total. The van der Waals surface area contributed by atoms with Gasteiger partial charge in [-0.05, 0) is 26.3 Å². The average Bonchev–Trinajstić information content (AvgIpc) is 2.67. The van der Waals surface area contributed by atoms with Crippen LogP contribution in [0.4, 0.5) is 0 Å². The normalized spacial score (nSPS) is 9.79. The molecule has 0 radical (unpaired) electrons. The van der Waals surface area contributed by atoms with E-state index in [-0.39, 0.29) is 0 Å². The first-order chi connectivity index (χ1) is 6.70. The highest BCUT2D eigenvalue weighted by molar-refractivity contribution is 7.17. The van der Waals surface area contributed by atoms with Crippen molar-refractivity contribution in [2.24, 2.45) is 0 Å². The topological polar surface area (TPSA) is 25.8 Å². The Bertz CT molecular complexity index is 432. The van der Waals surface area contributed by atoms with Gasteiger partial charge in [-0.2, -0.15) is 0 Å². The predicted molar refractivity (Wildman–Crippen MR) is 63.0 cm³/mol. The largest absolute Gasteiger partial charge is 0.256 e. The molecule has 2 aromatic heterocycles. The van der Waals surface area contributed by atoms with Crippen LogP contribution < -0.4 is 0 Å². The van der Waals surface area contributed by atoms with Gasteiger partial charge in [-0.25, -0.2) is 4.98 Å². The number of hydrogen-bond acceptors (Lipinski definition) is 3. The van der Waals surface area contributed by atoms with E-state index in [0.717, 1.165) is 16.9 Å². The summed E-state index contributed by atoms with van der Waals surface area (Å²) in [5.41, 5.74) is 6.35. The zero-order valence-corrected chi connectivity index (χ0v) is 10.2. The summed E-state index contributed by atoms with van der Waals surface area (Å²) in [6, 6.07) is 0. The van der Waals surface area contributed by atoms with E-state index in [4.69, 9.17) is 0 Å². The van der Waals surface area contributed by atoms with Gasteiger partial charge >= 0.3 is 0 Å². The molecule has 0 aliphatic heterocycles. The lowest BCUT2D eigenvalue weighted by atomic mass is 10.2. The highest BCUT2D eigenvalue weighted by atomic mass is 32.1. The minimum absolute atomic E-state index is 1.04. The number of thiazole rings is 1. The Kier molecular flexibility index (Phi) is 3.58. The van der Waals surface area contributed by atoms with Crippen LogP contribution in [0.2, 0.25) is 0 Å². The lowest BCUT2D eigenvalue weighted by Crippen LogP contribution is -1.91. The van der Waals surface area contributed by atoms with Gasteiger partial charge in [-0.3, -0.25) is 4.98 Å². The zero-order chi connectivity index (χ0) is 10.7. The smallest absolute Gasteiger partial charge is 0.103 e. The number of hydrogen-bond donors (Lipinski definition) is 0. The molecule has 0 N–H and O–H groups in total. The van der Waals surface area contributed by atoms with Crippen molar-refractivity contribution < 1.29 is 0 Å². The number of pyridine rings is 1. The van der Waals surface area contributed by atoms with Crippen LogP contribution in [0.1, 0.15) is 30.8 Å². The Balaban J connectivity index is 0.000000461. The monoisotopic (exact) mass is 208 g/mol. The van der Waals surface area contributed by atoms with E-state index in [0.29, 0.717) is 0 Å². The van der Waals surface area contributed by atoms with Crippen LogP contribution in [-0.2, 0) is 0 Å². The Morgan fingerprint density at radius 3 is 2.36 bits per heavy atom. The molecular weight excluding hydrogens is 192 g/mol. The van der Waals surface area contributed by atoms with Crippen molar-refractivity contribution in [3.8, 4) is 0 Å². The molecule has 0 aromatic carbocycles. The van der Waals surface area contributed by atoms with Crippen LogP contribution in [0.25, 0.3) is 10.2 Å². The Labute approximate surface area is 89.0 Å². The second-order valence-corrected chi connectivity index (χ2v) is 3.79. The highest BCUT2D eigenvalue weighted by Gasteiger charge is 2.06. The van der Waals surface area contributed by atoms with Gasteiger partial charge in [-0.15, -0.1) is 11.3 Å². The molecule has 2 rings (SSSR count). The summed E-state index contributed by atoms with van der Waals surface area (Å²) in [5, 5.41) is 0. The molecule has 0 spiro atoms. The lowest BCUT2D eigenvalue weighted by molar-refractivity contribution is 1.11. The average molecular weight is 208 g/mol. The van der Waals surface area contributed by atoms with E-state index in [1.165, 1.54) is 10.3 Å². The summed E-state index contributed by atoms with van der Waals surface area (Å²) in [6.45, 7) is 10.2. The summed E-state index contributed by atoms with van der Waals surface area (Å²) in [4.78, 5) is 8.69. The molecule has 0 bridgehead atoms. The third-order valence-corrected chi connectivity index (χ3v) is 3.07. The summed E-state index contributed by atoms with van der Waals surface area (Å²) in [7, 11) is 0. The Morgan fingerprint density at radius 1 is 1.07 bits per heavy atom. The summed E-state index contributed by atoms with van der Waals surface area (Å²) < 4.78 is 1.28. The van der Waals surface area contributed by atoms with Crippen LogP contribution in [0.5, 0.6) is 0 Å².